The van der Waals surface area contributed by atoms with Crippen LogP contribution in [0.25, 0.3) is 0 Å². The maximum atomic E-state index is 12.0. The van der Waals surface area contributed by atoms with E-state index in [1.165, 1.54) is 29.8 Å². The molecule has 0 aromatic heterocycles. The Morgan fingerprint density at radius 2 is 1.72 bits per heavy atom. The highest BCUT2D eigenvalue weighted by molar-refractivity contribution is 9.10. The van der Waals surface area contributed by atoms with Crippen molar-refractivity contribution in [3.8, 4) is 0 Å². The zero-order valence-electron chi connectivity index (χ0n) is 13.8. The van der Waals surface area contributed by atoms with Gasteiger partial charge in [-0.3, -0.25) is 4.79 Å². The highest BCUT2D eigenvalue weighted by atomic mass is 79.9. The molecule has 0 spiro atoms. The maximum absolute atomic E-state index is 12.0. The normalized spacial score (nSPS) is 11.5. The summed E-state index contributed by atoms with van der Waals surface area (Å²) >= 11 is 3.40. The van der Waals surface area contributed by atoms with Crippen LogP contribution in [0.2, 0.25) is 0 Å². The van der Waals surface area contributed by atoms with Crippen LogP contribution in [0.5, 0.6) is 0 Å². The van der Waals surface area contributed by atoms with Gasteiger partial charge in [0.1, 0.15) is 0 Å². The minimum Gasteiger partial charge on any atom is -0.326 e. The van der Waals surface area contributed by atoms with E-state index < -0.39 is 10.0 Å². The number of hydrogen-bond acceptors (Lipinski definition) is 4. The van der Waals surface area contributed by atoms with Gasteiger partial charge in [0.25, 0.3) is 0 Å². The molecule has 0 radical (unpaired) electrons. The van der Waals surface area contributed by atoms with Gasteiger partial charge in [-0.1, -0.05) is 28.1 Å². The number of carbonyl (C=O) groups excluding carboxylic acids is 1. The van der Waals surface area contributed by atoms with E-state index in [0.29, 0.717) is 18.7 Å². The Kier molecular flexibility index (Phi) is 6.71. The predicted octanol–water partition coefficient (Wildman–Crippen LogP) is 2.56. The summed E-state index contributed by atoms with van der Waals surface area (Å²) in [5, 5.41) is 7.78. The number of hydrogen-bond donors (Lipinski definition) is 2. The molecule has 8 heteroatoms. The summed E-state index contributed by atoms with van der Waals surface area (Å²) in [6, 6.07) is 13.8. The molecule has 0 aliphatic carbocycles. The minimum atomic E-state index is -3.72. The van der Waals surface area contributed by atoms with Crippen LogP contribution in [-0.2, 0) is 21.4 Å². The van der Waals surface area contributed by atoms with Gasteiger partial charge in [-0.05, 0) is 49.0 Å². The van der Waals surface area contributed by atoms with E-state index in [1.807, 2.05) is 31.3 Å². The van der Waals surface area contributed by atoms with Crippen molar-refractivity contribution in [2.24, 2.45) is 5.14 Å². The van der Waals surface area contributed by atoms with Crippen LogP contribution >= 0.6 is 15.9 Å². The highest BCUT2D eigenvalue weighted by Gasteiger charge is 2.09. The van der Waals surface area contributed by atoms with Crippen LogP contribution in [0, 0.1) is 0 Å². The molecule has 0 aliphatic heterocycles. The molecule has 0 fully saturated rings. The molecule has 0 atom stereocenters. The molecule has 134 valence electrons. The van der Waals surface area contributed by atoms with Crippen LogP contribution < -0.4 is 10.5 Å². The van der Waals surface area contributed by atoms with Crippen LogP contribution in [0.3, 0.4) is 0 Å². The summed E-state index contributed by atoms with van der Waals surface area (Å²) in [4.78, 5) is 14.1. The third-order valence-corrected chi connectivity index (χ3v) is 5.01. The van der Waals surface area contributed by atoms with Gasteiger partial charge in [0.15, 0.2) is 0 Å². The van der Waals surface area contributed by atoms with Gasteiger partial charge in [0.05, 0.1) is 4.90 Å². The van der Waals surface area contributed by atoms with E-state index in [0.717, 1.165) is 11.0 Å². The summed E-state index contributed by atoms with van der Waals surface area (Å²) in [6.07, 6.45) is 0.337. The number of rotatable bonds is 7. The molecule has 2 aromatic carbocycles. The zero-order chi connectivity index (χ0) is 18.4. The van der Waals surface area contributed by atoms with E-state index in [1.54, 1.807) is 0 Å². The number of nitrogens with one attached hydrogen (secondary N) is 1. The Balaban J connectivity index is 1.81. The Labute approximate surface area is 156 Å². The SMILES string of the molecule is CN(CCC(=O)Nc1ccc(S(N)(=O)=O)cc1)Cc1ccc(Br)cc1. The molecule has 2 aromatic rings. The number of nitrogens with zero attached hydrogens (tertiary/aromatic N) is 1. The molecule has 0 aliphatic rings. The first-order valence-electron chi connectivity index (χ1n) is 7.60. The lowest BCUT2D eigenvalue weighted by atomic mass is 10.2. The van der Waals surface area contributed by atoms with Gasteiger partial charge >= 0.3 is 0 Å². The molecule has 25 heavy (non-hydrogen) atoms. The minimum absolute atomic E-state index is 0.0136. The van der Waals surface area contributed by atoms with Gasteiger partial charge in [0, 0.05) is 29.7 Å². The van der Waals surface area contributed by atoms with Crippen LogP contribution in [0.4, 0.5) is 5.69 Å². The van der Waals surface area contributed by atoms with Crippen molar-refractivity contribution in [1.29, 1.82) is 0 Å². The Bertz CT molecular complexity index is 821. The first-order valence-corrected chi connectivity index (χ1v) is 9.94. The lowest BCUT2D eigenvalue weighted by molar-refractivity contribution is -0.116. The smallest absolute Gasteiger partial charge is 0.238 e. The van der Waals surface area contributed by atoms with Gasteiger partial charge in [-0.15, -0.1) is 0 Å². The largest absolute Gasteiger partial charge is 0.326 e. The quantitative estimate of drug-likeness (QED) is 0.712. The molecule has 2 rings (SSSR count). The second-order valence-electron chi connectivity index (χ2n) is 5.73. The third-order valence-electron chi connectivity index (χ3n) is 3.55. The lowest BCUT2D eigenvalue weighted by Crippen LogP contribution is -2.24. The van der Waals surface area contributed by atoms with Crippen LogP contribution in [0.1, 0.15) is 12.0 Å². The summed E-state index contributed by atoms with van der Waals surface area (Å²) in [6.45, 7) is 1.36. The second kappa shape index (κ2) is 8.57. The third kappa shape index (κ3) is 6.58. The second-order valence-corrected chi connectivity index (χ2v) is 8.21. The van der Waals surface area contributed by atoms with Crippen molar-refractivity contribution in [3.63, 3.8) is 0 Å². The molecule has 3 N–H and O–H groups in total. The first kappa shape index (κ1) is 19.6. The Hall–Kier alpha value is -1.74. The van der Waals surface area contributed by atoms with E-state index >= 15 is 0 Å². The van der Waals surface area contributed by atoms with Gasteiger partial charge in [-0.2, -0.15) is 0 Å². The van der Waals surface area contributed by atoms with E-state index in [4.69, 9.17) is 5.14 Å². The first-order chi connectivity index (χ1) is 11.7. The monoisotopic (exact) mass is 425 g/mol. The van der Waals surface area contributed by atoms with Gasteiger partial charge < -0.3 is 10.2 Å². The molecule has 6 nitrogen and oxygen atoms in total. The van der Waals surface area contributed by atoms with E-state index in [-0.39, 0.29) is 10.8 Å². The van der Waals surface area contributed by atoms with Crippen molar-refractivity contribution in [2.75, 3.05) is 18.9 Å². The van der Waals surface area contributed by atoms with Crippen molar-refractivity contribution in [2.45, 2.75) is 17.9 Å². The van der Waals surface area contributed by atoms with Crippen molar-refractivity contribution in [1.82, 2.24) is 4.90 Å². The fourth-order valence-corrected chi connectivity index (χ4v) is 3.00. The van der Waals surface area contributed by atoms with Crippen LogP contribution in [0.15, 0.2) is 57.9 Å². The standard InChI is InChI=1S/C17H20BrN3O3S/c1-21(12-13-2-4-14(18)5-3-13)11-10-17(22)20-15-6-8-16(9-7-15)25(19,23)24/h2-9H,10-12H2,1H3,(H,20,22)(H2,19,23,24). The van der Waals surface area contributed by atoms with E-state index in [2.05, 4.69) is 26.1 Å². The average molecular weight is 426 g/mol. The van der Waals surface area contributed by atoms with Crippen molar-refractivity contribution in [3.05, 3.63) is 58.6 Å². The zero-order valence-corrected chi connectivity index (χ0v) is 16.2. The van der Waals surface area contributed by atoms with Gasteiger partial charge in [-0.25, -0.2) is 13.6 Å². The molecule has 0 bridgehead atoms. The molecule has 0 heterocycles. The average Bonchev–Trinajstić information content (AvgIpc) is 2.55. The number of halogens is 1. The molecular weight excluding hydrogens is 406 g/mol. The Morgan fingerprint density at radius 3 is 2.28 bits per heavy atom. The Morgan fingerprint density at radius 1 is 1.12 bits per heavy atom. The molecule has 0 unspecified atom stereocenters. The van der Waals surface area contributed by atoms with Crippen molar-refractivity contribution < 1.29 is 13.2 Å². The number of carbonyl (C=O) groups is 1. The van der Waals surface area contributed by atoms with Crippen LogP contribution in [-0.4, -0.2) is 32.8 Å². The lowest BCUT2D eigenvalue weighted by Gasteiger charge is -2.16. The highest BCUT2D eigenvalue weighted by Crippen LogP contribution is 2.14. The summed E-state index contributed by atoms with van der Waals surface area (Å²) in [5.41, 5.74) is 1.71. The fourth-order valence-electron chi connectivity index (χ4n) is 2.22. The van der Waals surface area contributed by atoms with Gasteiger partial charge in [0.2, 0.25) is 15.9 Å². The summed E-state index contributed by atoms with van der Waals surface area (Å²) in [5.74, 6) is -0.133. The number of primary sulfonamides is 1. The summed E-state index contributed by atoms with van der Waals surface area (Å²) in [7, 11) is -1.77. The number of benzene rings is 2. The van der Waals surface area contributed by atoms with Crippen molar-refractivity contribution >= 4 is 37.5 Å². The fraction of sp³-hybridized carbons (Fsp3) is 0.235. The topological polar surface area (TPSA) is 92.5 Å². The summed E-state index contributed by atoms with van der Waals surface area (Å²) < 4.78 is 23.4. The predicted molar refractivity (Wildman–Crippen MR) is 102 cm³/mol. The molecule has 0 saturated carbocycles. The van der Waals surface area contributed by atoms with E-state index in [9.17, 15) is 13.2 Å². The number of sulfonamides is 1. The number of anilines is 1. The molecule has 0 saturated heterocycles. The molecular formula is C17H20BrN3O3S. The number of nitrogens with two attached hydrogens (primary N) is 1. The number of amides is 1. The maximum Gasteiger partial charge on any atom is 0.238 e. The molecule has 1 amide bonds.